The Morgan fingerprint density at radius 2 is 2.04 bits per heavy atom. The molecule has 1 unspecified atom stereocenters. The fourth-order valence-corrected chi connectivity index (χ4v) is 4.09. The third-order valence-corrected chi connectivity index (χ3v) is 5.91. The van der Waals surface area contributed by atoms with E-state index in [9.17, 15) is 4.79 Å². The van der Waals surface area contributed by atoms with Gasteiger partial charge in [0, 0.05) is 6.42 Å². The van der Waals surface area contributed by atoms with E-state index < -0.39 is 0 Å². The lowest BCUT2D eigenvalue weighted by molar-refractivity contribution is -0.119. The molecule has 5 nitrogen and oxygen atoms in total. The van der Waals surface area contributed by atoms with Crippen LogP contribution in [0, 0.1) is 5.92 Å². The van der Waals surface area contributed by atoms with Crippen molar-refractivity contribution in [2.75, 3.05) is 5.75 Å². The van der Waals surface area contributed by atoms with Crippen LogP contribution >= 0.6 is 11.8 Å². The number of amides is 1. The Morgan fingerprint density at radius 1 is 1.31 bits per heavy atom. The molecule has 0 radical (unpaired) electrons. The van der Waals surface area contributed by atoms with Crippen LogP contribution in [0.5, 0.6) is 0 Å². The van der Waals surface area contributed by atoms with Crippen LogP contribution < -0.4 is 5.32 Å². The number of aromatic nitrogens is 3. The molecule has 140 valence electrons. The lowest BCUT2D eigenvalue weighted by Crippen LogP contribution is -2.28. The number of nitrogens with zero attached hydrogens (tertiary/aromatic N) is 2. The molecule has 1 aromatic carbocycles. The Bertz CT molecular complexity index is 707. The normalized spacial score (nSPS) is 15.9. The van der Waals surface area contributed by atoms with Gasteiger partial charge in [-0.05, 0) is 30.4 Å². The molecule has 2 N–H and O–H groups in total. The first-order chi connectivity index (χ1) is 12.6. The molecular formula is C20H28N4OS. The van der Waals surface area contributed by atoms with Gasteiger partial charge in [-0.15, -0.1) is 5.10 Å². The van der Waals surface area contributed by atoms with Gasteiger partial charge in [0.15, 0.2) is 0 Å². The van der Waals surface area contributed by atoms with Gasteiger partial charge in [0.25, 0.3) is 0 Å². The van der Waals surface area contributed by atoms with Crippen molar-refractivity contribution in [1.29, 1.82) is 0 Å². The number of carbonyl (C=O) groups excluding carboxylic acids is 1. The maximum atomic E-state index is 12.2. The highest BCUT2D eigenvalue weighted by molar-refractivity contribution is 7.99. The van der Waals surface area contributed by atoms with Gasteiger partial charge >= 0.3 is 0 Å². The Kier molecular flexibility index (Phi) is 6.72. The molecule has 1 atom stereocenters. The largest absolute Gasteiger partial charge is 0.349 e. The van der Waals surface area contributed by atoms with Crippen LogP contribution in [0.15, 0.2) is 29.4 Å². The van der Waals surface area contributed by atoms with Crippen molar-refractivity contribution >= 4 is 17.7 Å². The first kappa shape index (κ1) is 19.0. The molecule has 1 aliphatic carbocycles. The second-order valence-corrected chi connectivity index (χ2v) is 8.03. The molecule has 0 spiro atoms. The molecule has 1 aromatic heterocycles. The number of carbonyl (C=O) groups is 1. The highest BCUT2D eigenvalue weighted by Gasteiger charge is 2.18. The summed E-state index contributed by atoms with van der Waals surface area (Å²) in [5.74, 6) is 2.02. The van der Waals surface area contributed by atoms with Crippen molar-refractivity contribution < 1.29 is 4.79 Å². The Morgan fingerprint density at radius 3 is 2.73 bits per heavy atom. The lowest BCUT2D eigenvalue weighted by atomic mass is 10.0. The second-order valence-electron chi connectivity index (χ2n) is 7.09. The molecule has 6 heteroatoms. The third-order valence-electron chi connectivity index (χ3n) is 5.07. The number of aromatic amines is 1. The van der Waals surface area contributed by atoms with Crippen LogP contribution in [0.1, 0.15) is 62.5 Å². The van der Waals surface area contributed by atoms with E-state index in [0.29, 0.717) is 10.9 Å². The number of H-pyrrole nitrogens is 1. The summed E-state index contributed by atoms with van der Waals surface area (Å²) in [7, 11) is 0. The minimum atomic E-state index is -0.000855. The zero-order chi connectivity index (χ0) is 18.4. The molecule has 2 aromatic rings. The summed E-state index contributed by atoms with van der Waals surface area (Å²) in [6, 6.07) is 8.40. The summed E-state index contributed by atoms with van der Waals surface area (Å²) >= 11 is 1.39. The number of aryl methyl sites for hydroxylation is 1. The molecule has 0 saturated heterocycles. The fraction of sp³-hybridized carbons (Fsp3) is 0.550. The second kappa shape index (κ2) is 9.21. The highest BCUT2D eigenvalue weighted by atomic mass is 32.2. The topological polar surface area (TPSA) is 70.7 Å². The molecule has 1 amide bonds. The molecule has 1 aliphatic rings. The molecule has 1 saturated carbocycles. The smallest absolute Gasteiger partial charge is 0.230 e. The van der Waals surface area contributed by atoms with E-state index in [2.05, 4.69) is 51.7 Å². The first-order valence-electron chi connectivity index (χ1n) is 9.56. The molecule has 3 rings (SSSR count). The lowest BCUT2D eigenvalue weighted by Gasteiger charge is -2.14. The van der Waals surface area contributed by atoms with E-state index in [1.807, 2.05) is 6.92 Å². The first-order valence-corrected chi connectivity index (χ1v) is 10.5. The fourth-order valence-electron chi connectivity index (χ4n) is 3.46. The monoisotopic (exact) mass is 372 g/mol. The summed E-state index contributed by atoms with van der Waals surface area (Å²) in [4.78, 5) is 16.7. The minimum Gasteiger partial charge on any atom is -0.349 e. The van der Waals surface area contributed by atoms with Gasteiger partial charge in [0.1, 0.15) is 5.82 Å². The number of hydrogen-bond donors (Lipinski definition) is 2. The average Bonchev–Trinajstić information content (AvgIpc) is 3.32. The quantitative estimate of drug-likeness (QED) is 0.685. The third kappa shape index (κ3) is 5.34. The predicted molar refractivity (Wildman–Crippen MR) is 105 cm³/mol. The SMILES string of the molecule is CCc1ccc(C(C)NC(=O)CSc2n[nH]c(CC3CCCC3)n2)cc1. The van der Waals surface area contributed by atoms with Gasteiger partial charge in [0.2, 0.25) is 11.1 Å². The molecule has 0 bridgehead atoms. The zero-order valence-corrected chi connectivity index (χ0v) is 16.4. The molecular weight excluding hydrogens is 344 g/mol. The minimum absolute atomic E-state index is 0.000855. The highest BCUT2D eigenvalue weighted by Crippen LogP contribution is 2.27. The van der Waals surface area contributed by atoms with Gasteiger partial charge in [-0.25, -0.2) is 4.98 Å². The summed E-state index contributed by atoms with van der Waals surface area (Å²) in [6.07, 6.45) is 7.26. The summed E-state index contributed by atoms with van der Waals surface area (Å²) in [5.41, 5.74) is 2.43. The summed E-state index contributed by atoms with van der Waals surface area (Å²) in [6.45, 7) is 4.15. The number of rotatable bonds is 8. The van der Waals surface area contributed by atoms with E-state index in [1.165, 1.54) is 43.0 Å². The van der Waals surface area contributed by atoms with E-state index in [4.69, 9.17) is 0 Å². The molecule has 26 heavy (non-hydrogen) atoms. The Labute approximate surface area is 159 Å². The van der Waals surface area contributed by atoms with Crippen molar-refractivity contribution in [2.45, 2.75) is 63.6 Å². The number of benzene rings is 1. The zero-order valence-electron chi connectivity index (χ0n) is 15.6. The van der Waals surface area contributed by atoms with Crippen molar-refractivity contribution in [3.63, 3.8) is 0 Å². The van der Waals surface area contributed by atoms with Gasteiger partial charge in [0.05, 0.1) is 11.8 Å². The Balaban J connectivity index is 1.43. The molecule has 1 fully saturated rings. The number of hydrogen-bond acceptors (Lipinski definition) is 4. The maximum absolute atomic E-state index is 12.2. The van der Waals surface area contributed by atoms with Crippen LogP contribution in [0.25, 0.3) is 0 Å². The van der Waals surface area contributed by atoms with E-state index in [1.54, 1.807) is 0 Å². The molecule has 0 aliphatic heterocycles. The van der Waals surface area contributed by atoms with Crippen LogP contribution in [-0.4, -0.2) is 26.8 Å². The van der Waals surface area contributed by atoms with E-state index >= 15 is 0 Å². The van der Waals surface area contributed by atoms with Crippen LogP contribution in [0.4, 0.5) is 0 Å². The van der Waals surface area contributed by atoms with Gasteiger partial charge in [-0.3, -0.25) is 9.89 Å². The van der Waals surface area contributed by atoms with Crippen LogP contribution in [0.3, 0.4) is 0 Å². The van der Waals surface area contributed by atoms with Gasteiger partial charge in [-0.2, -0.15) is 0 Å². The van der Waals surface area contributed by atoms with Crippen LogP contribution in [-0.2, 0) is 17.6 Å². The van der Waals surface area contributed by atoms with E-state index in [-0.39, 0.29) is 11.9 Å². The van der Waals surface area contributed by atoms with Gasteiger partial charge < -0.3 is 5.32 Å². The summed E-state index contributed by atoms with van der Waals surface area (Å²) < 4.78 is 0. The van der Waals surface area contributed by atoms with Crippen molar-refractivity contribution in [3.8, 4) is 0 Å². The van der Waals surface area contributed by atoms with Crippen molar-refractivity contribution in [1.82, 2.24) is 20.5 Å². The van der Waals surface area contributed by atoms with Crippen LogP contribution in [0.2, 0.25) is 0 Å². The van der Waals surface area contributed by atoms with Gasteiger partial charge in [-0.1, -0.05) is 68.6 Å². The average molecular weight is 373 g/mol. The summed E-state index contributed by atoms with van der Waals surface area (Å²) in [5, 5.41) is 11.0. The predicted octanol–water partition coefficient (Wildman–Crippen LogP) is 4.07. The molecule has 1 heterocycles. The van der Waals surface area contributed by atoms with Crippen molar-refractivity contribution in [2.24, 2.45) is 5.92 Å². The maximum Gasteiger partial charge on any atom is 0.230 e. The number of thioether (sulfide) groups is 1. The number of nitrogens with one attached hydrogen (secondary N) is 2. The Hall–Kier alpha value is -1.82. The van der Waals surface area contributed by atoms with Crippen molar-refractivity contribution in [3.05, 3.63) is 41.2 Å². The van der Waals surface area contributed by atoms with E-state index in [0.717, 1.165) is 30.1 Å². The standard InChI is InChI=1S/C20H28N4OS/c1-3-15-8-10-17(11-9-15)14(2)21-19(25)13-26-20-22-18(23-24-20)12-16-6-4-5-7-16/h8-11,14,16H,3-7,12-13H2,1-2H3,(H,21,25)(H,22,23,24).